The second-order valence-electron chi connectivity index (χ2n) is 9.19. The summed E-state index contributed by atoms with van der Waals surface area (Å²) in [5.74, 6) is -0.337. The quantitative estimate of drug-likeness (QED) is 0.289. The van der Waals surface area contributed by atoms with Crippen molar-refractivity contribution in [2.24, 2.45) is 4.99 Å². The van der Waals surface area contributed by atoms with Crippen LogP contribution in [0.4, 0.5) is 0 Å². The molecule has 0 unspecified atom stereocenters. The van der Waals surface area contributed by atoms with Gasteiger partial charge in [-0.15, -0.1) is 11.3 Å². The van der Waals surface area contributed by atoms with Crippen molar-refractivity contribution in [1.82, 2.24) is 34.8 Å². The molecule has 1 saturated carbocycles. The van der Waals surface area contributed by atoms with Crippen LogP contribution >= 0.6 is 11.3 Å². The Hall–Kier alpha value is -3.77. The minimum atomic E-state index is -0.502. The number of carbonyl (C=O) groups excluding carboxylic acids is 1. The number of rotatable bonds is 7. The van der Waals surface area contributed by atoms with Crippen molar-refractivity contribution in [3.63, 3.8) is 0 Å². The molecule has 2 fully saturated rings. The van der Waals surface area contributed by atoms with E-state index >= 15 is 0 Å². The Bertz CT molecular complexity index is 1600. The molecule has 0 atom stereocenters. The molecule has 0 aromatic carbocycles. The predicted molar refractivity (Wildman–Crippen MR) is 135 cm³/mol. The van der Waals surface area contributed by atoms with Crippen LogP contribution in [0.1, 0.15) is 41.0 Å². The van der Waals surface area contributed by atoms with Crippen LogP contribution in [-0.4, -0.2) is 72.7 Å². The van der Waals surface area contributed by atoms with Gasteiger partial charge in [0.25, 0.3) is 5.91 Å². The molecular weight excluding hydrogens is 480 g/mol. The SMILES string of the molecule is O=C(NCCN1CCCC1)c1cc(-c2cc(=NC3CC3)n3nc/c(=C\c4[nH]c(=O)[nH]c4O)c3n2)cs1. The molecule has 6 rings (SSSR count). The van der Waals surface area contributed by atoms with Gasteiger partial charge in [0.05, 0.1) is 22.8 Å². The lowest BCUT2D eigenvalue weighted by Crippen LogP contribution is -2.33. The van der Waals surface area contributed by atoms with Gasteiger partial charge in [0.1, 0.15) is 5.69 Å². The zero-order chi connectivity index (χ0) is 24.6. The number of hydrogen-bond acceptors (Lipinski definition) is 8. The smallest absolute Gasteiger partial charge is 0.326 e. The van der Waals surface area contributed by atoms with Crippen molar-refractivity contribution >= 4 is 29.0 Å². The first-order valence-electron chi connectivity index (χ1n) is 12.1. The summed E-state index contributed by atoms with van der Waals surface area (Å²) >= 11 is 1.38. The summed E-state index contributed by atoms with van der Waals surface area (Å²) in [5, 5.41) is 20.0. The van der Waals surface area contributed by atoms with Crippen LogP contribution in [0.2, 0.25) is 0 Å². The standard InChI is InChI=1S/C24H26N8O3S/c33-22-18(29-24(35)30-22)9-14-12-26-32-20(27-16-3-4-16)11-17(28-21(14)32)15-10-19(36-13-15)23(34)25-5-8-31-6-1-2-7-31/h9-13,16,33H,1-8H2,(H,25,34)(H2,29,30,35)/b14-9+,27-20?. The molecule has 0 spiro atoms. The van der Waals surface area contributed by atoms with Crippen LogP contribution < -0.4 is 21.7 Å². The Morgan fingerprint density at radius 2 is 2.11 bits per heavy atom. The lowest BCUT2D eigenvalue weighted by molar-refractivity contribution is 0.0954. The zero-order valence-corrected chi connectivity index (χ0v) is 20.3. The summed E-state index contributed by atoms with van der Waals surface area (Å²) in [7, 11) is 0. The van der Waals surface area contributed by atoms with Crippen LogP contribution in [0, 0.1) is 0 Å². The largest absolute Gasteiger partial charge is 0.493 e. The summed E-state index contributed by atoms with van der Waals surface area (Å²) in [4.78, 5) is 41.7. The Labute approximate surface area is 209 Å². The van der Waals surface area contributed by atoms with Crippen LogP contribution in [0.25, 0.3) is 23.0 Å². The number of nitrogens with one attached hydrogen (secondary N) is 3. The fraction of sp³-hybridized carbons (Fsp3) is 0.375. The maximum Gasteiger partial charge on any atom is 0.326 e. The maximum absolute atomic E-state index is 12.7. The highest BCUT2D eigenvalue weighted by molar-refractivity contribution is 7.12. The number of aromatic hydroxyl groups is 1. The van der Waals surface area contributed by atoms with E-state index in [4.69, 9.17) is 9.98 Å². The number of carbonyl (C=O) groups is 1. The van der Waals surface area contributed by atoms with Crippen molar-refractivity contribution < 1.29 is 9.90 Å². The van der Waals surface area contributed by atoms with Gasteiger partial charge in [0.15, 0.2) is 11.1 Å². The molecule has 11 nitrogen and oxygen atoms in total. The number of nitrogens with zero attached hydrogens (tertiary/aromatic N) is 5. The third-order valence-electron chi connectivity index (χ3n) is 6.41. The second-order valence-corrected chi connectivity index (χ2v) is 10.1. The summed E-state index contributed by atoms with van der Waals surface area (Å²) < 4.78 is 1.66. The number of likely N-dealkylation sites (tertiary alicyclic amines) is 1. The van der Waals surface area contributed by atoms with E-state index in [0.29, 0.717) is 33.5 Å². The van der Waals surface area contributed by atoms with Crippen molar-refractivity contribution in [3.8, 4) is 17.1 Å². The first-order chi connectivity index (χ1) is 17.5. The molecule has 2 aliphatic rings. The highest BCUT2D eigenvalue weighted by Crippen LogP contribution is 2.25. The summed E-state index contributed by atoms with van der Waals surface area (Å²) in [5.41, 5.74) is 2.45. The lowest BCUT2D eigenvalue weighted by Gasteiger charge is -2.14. The first kappa shape index (κ1) is 22.7. The van der Waals surface area contributed by atoms with E-state index in [1.54, 1.807) is 16.8 Å². The molecule has 4 aromatic rings. The van der Waals surface area contributed by atoms with E-state index in [1.807, 2.05) is 17.5 Å². The molecule has 4 aromatic heterocycles. The predicted octanol–water partition coefficient (Wildman–Crippen LogP) is 0.616. The molecule has 4 N–H and O–H groups in total. The van der Waals surface area contributed by atoms with E-state index in [2.05, 4.69) is 25.3 Å². The van der Waals surface area contributed by atoms with Gasteiger partial charge < -0.3 is 20.3 Å². The average Bonchev–Trinajstić information content (AvgIpc) is 3.27. The summed E-state index contributed by atoms with van der Waals surface area (Å²) in [6.45, 7) is 3.71. The molecule has 0 radical (unpaired) electrons. The molecule has 1 saturated heterocycles. The number of thiophene rings is 1. The highest BCUT2D eigenvalue weighted by atomic mass is 32.1. The normalized spacial score (nSPS) is 17.4. The van der Waals surface area contributed by atoms with E-state index < -0.39 is 5.69 Å². The van der Waals surface area contributed by atoms with Gasteiger partial charge in [0.2, 0.25) is 5.88 Å². The van der Waals surface area contributed by atoms with Crippen molar-refractivity contribution in [3.05, 3.63) is 55.5 Å². The van der Waals surface area contributed by atoms with Crippen LogP contribution in [-0.2, 0) is 0 Å². The molecule has 5 heterocycles. The minimum absolute atomic E-state index is 0.0836. The number of imidazole rings is 1. The Morgan fingerprint density at radius 1 is 1.28 bits per heavy atom. The summed E-state index contributed by atoms with van der Waals surface area (Å²) in [6, 6.07) is 4.00. The molecule has 1 amide bonds. The number of hydrogen-bond donors (Lipinski definition) is 4. The van der Waals surface area contributed by atoms with Crippen LogP contribution in [0.3, 0.4) is 0 Å². The molecular formula is C24H26N8O3S. The van der Waals surface area contributed by atoms with Crippen molar-refractivity contribution in [1.29, 1.82) is 0 Å². The van der Waals surface area contributed by atoms with Gasteiger partial charge in [-0.1, -0.05) is 0 Å². The minimum Gasteiger partial charge on any atom is -0.493 e. The number of fused-ring (bicyclic) bond motifs is 1. The molecule has 1 aliphatic heterocycles. The van der Waals surface area contributed by atoms with Crippen molar-refractivity contribution in [2.75, 3.05) is 26.2 Å². The number of H-pyrrole nitrogens is 2. The monoisotopic (exact) mass is 506 g/mol. The van der Waals surface area contributed by atoms with Crippen molar-refractivity contribution in [2.45, 2.75) is 31.7 Å². The third-order valence-corrected chi connectivity index (χ3v) is 7.34. The second kappa shape index (κ2) is 9.36. The Morgan fingerprint density at radius 3 is 2.86 bits per heavy atom. The van der Waals surface area contributed by atoms with Gasteiger partial charge in [-0.25, -0.2) is 9.78 Å². The number of aromatic amines is 2. The average molecular weight is 507 g/mol. The Kier molecular flexibility index (Phi) is 5.89. The van der Waals surface area contributed by atoms with Crippen LogP contribution in [0.15, 0.2) is 33.5 Å². The first-order valence-corrected chi connectivity index (χ1v) is 13.0. The van der Waals surface area contributed by atoms with Gasteiger partial charge >= 0.3 is 5.69 Å². The van der Waals surface area contributed by atoms with Gasteiger partial charge in [0, 0.05) is 35.3 Å². The molecule has 186 valence electrons. The lowest BCUT2D eigenvalue weighted by atomic mass is 10.2. The fourth-order valence-electron chi connectivity index (χ4n) is 4.35. The Balaban J connectivity index is 1.33. The zero-order valence-electron chi connectivity index (χ0n) is 19.5. The van der Waals surface area contributed by atoms with Gasteiger partial charge in [-0.2, -0.15) is 9.61 Å². The van der Waals surface area contributed by atoms with Crippen LogP contribution in [0.5, 0.6) is 5.88 Å². The third kappa shape index (κ3) is 4.69. The maximum atomic E-state index is 12.7. The topological polar surface area (TPSA) is 144 Å². The summed E-state index contributed by atoms with van der Waals surface area (Å²) in [6.07, 6.45) is 7.77. The van der Waals surface area contributed by atoms with E-state index in [9.17, 15) is 14.7 Å². The molecule has 0 bridgehead atoms. The van der Waals surface area contributed by atoms with E-state index in [-0.39, 0.29) is 23.5 Å². The van der Waals surface area contributed by atoms with E-state index in [1.165, 1.54) is 24.2 Å². The van der Waals surface area contributed by atoms with Gasteiger partial charge in [-0.05, 0) is 50.9 Å². The van der Waals surface area contributed by atoms with E-state index in [0.717, 1.165) is 38.0 Å². The number of aromatic nitrogens is 5. The molecule has 1 aliphatic carbocycles. The molecule has 12 heteroatoms. The fourth-order valence-corrected chi connectivity index (χ4v) is 5.17. The number of amides is 1. The van der Waals surface area contributed by atoms with Gasteiger partial charge in [-0.3, -0.25) is 14.8 Å². The molecule has 36 heavy (non-hydrogen) atoms. The highest BCUT2D eigenvalue weighted by Gasteiger charge is 2.21.